The molecular formula is C12H21NO4. The second kappa shape index (κ2) is 5.33. The molecule has 1 heterocycles. The fraction of sp³-hybridized carbons (Fsp3) is 0.917. The molecule has 2 aliphatic rings. The standard InChI is InChI=1S/C12H21NO4/c1-2-13-12(11(14)15,9-3-4-9)8-17-10-5-6-16-7-10/h9-10,13H,2-8H2,1H3,(H,14,15). The summed E-state index contributed by atoms with van der Waals surface area (Å²) in [6.07, 6.45) is 2.88. The number of likely N-dealkylation sites (N-methyl/N-ethyl adjacent to an activating group) is 1. The third-order valence-electron chi connectivity index (χ3n) is 3.58. The maximum Gasteiger partial charge on any atom is 0.326 e. The van der Waals surface area contributed by atoms with E-state index < -0.39 is 11.5 Å². The number of carboxylic acid groups (broad SMARTS) is 1. The molecule has 2 unspecified atom stereocenters. The van der Waals surface area contributed by atoms with Crippen LogP contribution in [-0.4, -0.2) is 49.1 Å². The minimum atomic E-state index is -0.892. The highest BCUT2D eigenvalue weighted by atomic mass is 16.5. The van der Waals surface area contributed by atoms with Crippen LogP contribution < -0.4 is 5.32 Å². The molecule has 1 saturated heterocycles. The van der Waals surface area contributed by atoms with Crippen LogP contribution in [-0.2, 0) is 14.3 Å². The Hall–Kier alpha value is -0.650. The zero-order valence-corrected chi connectivity index (χ0v) is 10.3. The number of hydrogen-bond donors (Lipinski definition) is 2. The third-order valence-corrected chi connectivity index (χ3v) is 3.58. The summed E-state index contributed by atoms with van der Waals surface area (Å²) in [4.78, 5) is 11.5. The molecule has 5 heteroatoms. The lowest BCUT2D eigenvalue weighted by atomic mass is 9.94. The number of rotatable bonds is 7. The van der Waals surface area contributed by atoms with Gasteiger partial charge in [0.2, 0.25) is 0 Å². The summed E-state index contributed by atoms with van der Waals surface area (Å²) in [6.45, 7) is 4.13. The Bertz CT molecular complexity index is 274. The lowest BCUT2D eigenvalue weighted by Gasteiger charge is -2.31. The van der Waals surface area contributed by atoms with Crippen LogP contribution in [0.15, 0.2) is 0 Å². The lowest BCUT2D eigenvalue weighted by molar-refractivity contribution is -0.150. The molecule has 2 N–H and O–H groups in total. The summed E-state index contributed by atoms with van der Waals surface area (Å²) in [5.41, 5.74) is -0.892. The largest absolute Gasteiger partial charge is 0.480 e. The van der Waals surface area contributed by atoms with Crippen LogP contribution in [0.5, 0.6) is 0 Å². The Morgan fingerprint density at radius 2 is 2.29 bits per heavy atom. The van der Waals surface area contributed by atoms with Gasteiger partial charge in [0.15, 0.2) is 0 Å². The van der Waals surface area contributed by atoms with Gasteiger partial charge in [-0.1, -0.05) is 6.92 Å². The Morgan fingerprint density at radius 1 is 1.53 bits per heavy atom. The SMILES string of the molecule is CCNC(COC1CCOC1)(C(=O)O)C1CC1. The number of carboxylic acids is 1. The van der Waals surface area contributed by atoms with Gasteiger partial charge in [-0.05, 0) is 31.7 Å². The van der Waals surface area contributed by atoms with E-state index in [1.807, 2.05) is 6.92 Å². The smallest absolute Gasteiger partial charge is 0.326 e. The van der Waals surface area contributed by atoms with E-state index in [4.69, 9.17) is 9.47 Å². The van der Waals surface area contributed by atoms with Crippen LogP contribution in [0.1, 0.15) is 26.2 Å². The summed E-state index contributed by atoms with van der Waals surface area (Å²) in [7, 11) is 0. The second-order valence-corrected chi connectivity index (χ2v) is 4.88. The van der Waals surface area contributed by atoms with Crippen molar-refractivity contribution in [2.75, 3.05) is 26.4 Å². The lowest BCUT2D eigenvalue weighted by Crippen LogP contribution is -2.58. The summed E-state index contributed by atoms with van der Waals surface area (Å²) < 4.78 is 10.9. The molecule has 1 saturated carbocycles. The van der Waals surface area contributed by atoms with Gasteiger partial charge in [0, 0.05) is 6.61 Å². The highest BCUT2D eigenvalue weighted by Gasteiger charge is 2.51. The van der Waals surface area contributed by atoms with Crippen LogP contribution in [0.25, 0.3) is 0 Å². The summed E-state index contributed by atoms with van der Waals surface area (Å²) >= 11 is 0. The van der Waals surface area contributed by atoms with Crippen molar-refractivity contribution >= 4 is 5.97 Å². The molecule has 2 rings (SSSR count). The van der Waals surface area contributed by atoms with Crippen LogP contribution in [0, 0.1) is 5.92 Å². The van der Waals surface area contributed by atoms with Crippen molar-refractivity contribution < 1.29 is 19.4 Å². The van der Waals surface area contributed by atoms with Gasteiger partial charge >= 0.3 is 5.97 Å². The van der Waals surface area contributed by atoms with Crippen molar-refractivity contribution in [1.29, 1.82) is 0 Å². The molecular weight excluding hydrogens is 222 g/mol. The van der Waals surface area contributed by atoms with Crippen molar-refractivity contribution in [2.45, 2.75) is 37.8 Å². The highest BCUT2D eigenvalue weighted by Crippen LogP contribution is 2.40. The van der Waals surface area contributed by atoms with E-state index in [-0.39, 0.29) is 18.6 Å². The van der Waals surface area contributed by atoms with Crippen molar-refractivity contribution in [2.24, 2.45) is 5.92 Å². The molecule has 0 amide bonds. The van der Waals surface area contributed by atoms with Crippen LogP contribution in [0.4, 0.5) is 0 Å². The van der Waals surface area contributed by atoms with Gasteiger partial charge < -0.3 is 14.6 Å². The monoisotopic (exact) mass is 243 g/mol. The molecule has 2 fully saturated rings. The molecule has 1 aliphatic carbocycles. The van der Waals surface area contributed by atoms with E-state index in [9.17, 15) is 9.90 Å². The fourth-order valence-corrected chi connectivity index (χ4v) is 2.41. The maximum absolute atomic E-state index is 11.5. The van der Waals surface area contributed by atoms with Crippen LogP contribution in [0.2, 0.25) is 0 Å². The van der Waals surface area contributed by atoms with Crippen LogP contribution in [0.3, 0.4) is 0 Å². The Labute approximate surface area is 101 Å². The predicted octanol–water partition coefficient (Wildman–Crippen LogP) is 0.635. The van der Waals surface area contributed by atoms with E-state index >= 15 is 0 Å². The molecule has 0 aromatic rings. The average Bonchev–Trinajstić information content (AvgIpc) is 3.02. The summed E-state index contributed by atoms with van der Waals surface area (Å²) in [5.74, 6) is -0.581. The van der Waals surface area contributed by atoms with E-state index in [0.717, 1.165) is 25.9 Å². The van der Waals surface area contributed by atoms with Crippen molar-refractivity contribution in [3.8, 4) is 0 Å². The first-order valence-corrected chi connectivity index (χ1v) is 6.37. The average molecular weight is 243 g/mol. The first-order chi connectivity index (χ1) is 8.19. The third kappa shape index (κ3) is 2.78. The topological polar surface area (TPSA) is 67.8 Å². The number of ether oxygens (including phenoxy) is 2. The number of aliphatic carboxylic acids is 1. The number of nitrogens with one attached hydrogen (secondary N) is 1. The van der Waals surface area contributed by atoms with E-state index in [0.29, 0.717) is 13.2 Å². The van der Waals surface area contributed by atoms with Gasteiger partial charge in [-0.3, -0.25) is 10.1 Å². The summed E-state index contributed by atoms with van der Waals surface area (Å²) in [6, 6.07) is 0. The van der Waals surface area contributed by atoms with Crippen molar-refractivity contribution in [3.05, 3.63) is 0 Å². The fourth-order valence-electron chi connectivity index (χ4n) is 2.41. The van der Waals surface area contributed by atoms with Gasteiger partial charge in [0.25, 0.3) is 0 Å². The molecule has 17 heavy (non-hydrogen) atoms. The maximum atomic E-state index is 11.5. The normalized spacial score (nSPS) is 27.9. The first-order valence-electron chi connectivity index (χ1n) is 6.37. The Morgan fingerprint density at radius 3 is 2.76 bits per heavy atom. The van der Waals surface area contributed by atoms with Crippen molar-refractivity contribution in [3.63, 3.8) is 0 Å². The van der Waals surface area contributed by atoms with E-state index in [2.05, 4.69) is 5.32 Å². The molecule has 0 bridgehead atoms. The molecule has 0 radical (unpaired) electrons. The van der Waals surface area contributed by atoms with Gasteiger partial charge in [-0.2, -0.15) is 0 Å². The minimum Gasteiger partial charge on any atom is -0.480 e. The molecule has 5 nitrogen and oxygen atoms in total. The Balaban J connectivity index is 1.95. The molecule has 0 aromatic heterocycles. The van der Waals surface area contributed by atoms with Gasteiger partial charge in [0.05, 0.1) is 19.3 Å². The second-order valence-electron chi connectivity index (χ2n) is 4.88. The van der Waals surface area contributed by atoms with Gasteiger partial charge in [0.1, 0.15) is 5.54 Å². The summed E-state index contributed by atoms with van der Waals surface area (Å²) in [5, 5.41) is 12.6. The molecule has 1 aliphatic heterocycles. The molecule has 2 atom stereocenters. The van der Waals surface area contributed by atoms with Gasteiger partial charge in [-0.25, -0.2) is 0 Å². The number of hydrogen-bond acceptors (Lipinski definition) is 4. The van der Waals surface area contributed by atoms with E-state index in [1.165, 1.54) is 0 Å². The predicted molar refractivity (Wildman–Crippen MR) is 61.9 cm³/mol. The zero-order chi connectivity index (χ0) is 12.3. The highest BCUT2D eigenvalue weighted by molar-refractivity contribution is 5.80. The Kier molecular flexibility index (Phi) is 4.01. The van der Waals surface area contributed by atoms with Crippen LogP contribution >= 0.6 is 0 Å². The molecule has 98 valence electrons. The zero-order valence-electron chi connectivity index (χ0n) is 10.3. The molecule has 0 spiro atoms. The quantitative estimate of drug-likeness (QED) is 0.686. The molecule has 0 aromatic carbocycles. The first kappa shape index (κ1) is 12.8. The van der Waals surface area contributed by atoms with E-state index in [1.54, 1.807) is 0 Å². The van der Waals surface area contributed by atoms with Gasteiger partial charge in [-0.15, -0.1) is 0 Å². The minimum absolute atomic E-state index is 0.0612. The van der Waals surface area contributed by atoms with Crippen molar-refractivity contribution in [1.82, 2.24) is 5.32 Å². The number of carbonyl (C=O) groups is 1.